The summed E-state index contributed by atoms with van der Waals surface area (Å²) in [6.07, 6.45) is 0. The lowest BCUT2D eigenvalue weighted by Crippen LogP contribution is -2.23. The molecule has 3 rings (SSSR count). The van der Waals surface area contributed by atoms with E-state index >= 15 is 0 Å². The molecule has 0 saturated carbocycles. The number of rotatable bonds is 4. The minimum atomic E-state index is -0.0621. The Morgan fingerprint density at radius 1 is 1.09 bits per heavy atom. The maximum absolute atomic E-state index is 12.2. The Labute approximate surface area is 140 Å². The van der Waals surface area contributed by atoms with Gasteiger partial charge in [0.05, 0.1) is 12.2 Å². The van der Waals surface area contributed by atoms with Crippen molar-refractivity contribution in [2.45, 2.75) is 20.4 Å². The molecule has 0 fully saturated rings. The third-order valence-electron chi connectivity index (χ3n) is 3.67. The van der Waals surface area contributed by atoms with Crippen LogP contribution in [0.1, 0.15) is 27.2 Å². The van der Waals surface area contributed by atoms with Crippen LogP contribution in [0.25, 0.3) is 10.6 Å². The number of thiazole rings is 1. The van der Waals surface area contributed by atoms with E-state index in [1.807, 2.05) is 36.6 Å². The molecule has 0 unspecified atom stereocenters. The normalized spacial score (nSPS) is 10.5. The summed E-state index contributed by atoms with van der Waals surface area (Å²) >= 11 is 1.60. The molecule has 0 radical (unpaired) electrons. The fourth-order valence-electron chi connectivity index (χ4n) is 2.31. The maximum Gasteiger partial charge on any atom is 0.251 e. The molecule has 2 aromatic carbocycles. The first-order chi connectivity index (χ1) is 11.1. The Hall–Kier alpha value is -2.46. The van der Waals surface area contributed by atoms with Crippen LogP contribution in [-0.2, 0) is 6.54 Å². The largest absolute Gasteiger partial charge is 0.346 e. The second-order valence-corrected chi connectivity index (χ2v) is 6.37. The first-order valence-corrected chi connectivity index (χ1v) is 8.37. The van der Waals surface area contributed by atoms with Gasteiger partial charge in [-0.05, 0) is 25.5 Å². The Balaban J connectivity index is 1.67. The molecule has 4 heteroatoms. The van der Waals surface area contributed by atoms with E-state index in [-0.39, 0.29) is 5.91 Å². The summed E-state index contributed by atoms with van der Waals surface area (Å²) in [6.45, 7) is 4.45. The number of benzene rings is 2. The molecule has 3 nitrogen and oxygen atoms in total. The molecule has 0 bridgehead atoms. The summed E-state index contributed by atoms with van der Waals surface area (Å²) in [5.74, 6) is -0.0621. The molecule has 0 spiro atoms. The molecule has 23 heavy (non-hydrogen) atoms. The number of nitrogens with one attached hydrogen (secondary N) is 1. The molecule has 0 aliphatic heterocycles. The zero-order valence-corrected chi connectivity index (χ0v) is 14.0. The Morgan fingerprint density at radius 2 is 1.83 bits per heavy atom. The van der Waals surface area contributed by atoms with Crippen LogP contribution in [0.15, 0.2) is 53.9 Å². The number of nitrogens with zero attached hydrogens (tertiary/aromatic N) is 1. The number of carbonyl (C=O) groups is 1. The van der Waals surface area contributed by atoms with Gasteiger partial charge in [-0.2, -0.15) is 0 Å². The molecule has 1 amide bonds. The second kappa shape index (κ2) is 6.75. The highest BCUT2D eigenvalue weighted by Crippen LogP contribution is 2.24. The predicted molar refractivity (Wildman–Crippen MR) is 94.6 cm³/mol. The number of hydrogen-bond donors (Lipinski definition) is 1. The number of carbonyl (C=O) groups excluding carboxylic acids is 1. The van der Waals surface area contributed by atoms with Gasteiger partial charge >= 0.3 is 0 Å². The van der Waals surface area contributed by atoms with Crippen LogP contribution < -0.4 is 5.32 Å². The van der Waals surface area contributed by atoms with Crippen LogP contribution >= 0.6 is 11.3 Å². The minimum absolute atomic E-state index is 0.0621. The van der Waals surface area contributed by atoms with E-state index in [1.54, 1.807) is 11.3 Å². The van der Waals surface area contributed by atoms with Gasteiger partial charge in [0.25, 0.3) is 5.91 Å². The van der Waals surface area contributed by atoms with E-state index in [0.29, 0.717) is 12.1 Å². The summed E-state index contributed by atoms with van der Waals surface area (Å²) in [7, 11) is 0. The third-order valence-corrected chi connectivity index (χ3v) is 4.61. The van der Waals surface area contributed by atoms with Crippen molar-refractivity contribution in [3.63, 3.8) is 0 Å². The fourth-order valence-corrected chi connectivity index (χ4v) is 3.14. The standard InChI is InChI=1S/C19H18N2OS/c1-13-7-9-15(10-8-13)19-21-16(12-23-19)11-20-18(22)17-6-4-3-5-14(17)2/h3-10,12H,11H2,1-2H3,(H,20,22). The molecule has 0 aliphatic rings. The lowest BCUT2D eigenvalue weighted by Gasteiger charge is -2.06. The lowest BCUT2D eigenvalue weighted by atomic mass is 10.1. The van der Waals surface area contributed by atoms with Gasteiger partial charge in [0.15, 0.2) is 0 Å². The van der Waals surface area contributed by atoms with Crippen molar-refractivity contribution in [1.82, 2.24) is 10.3 Å². The van der Waals surface area contributed by atoms with E-state index in [2.05, 4.69) is 41.5 Å². The average Bonchev–Trinajstić information content (AvgIpc) is 3.03. The van der Waals surface area contributed by atoms with Gasteiger partial charge in [-0.3, -0.25) is 4.79 Å². The SMILES string of the molecule is Cc1ccc(-c2nc(CNC(=O)c3ccccc3C)cs2)cc1. The van der Waals surface area contributed by atoms with Crippen LogP contribution in [0, 0.1) is 13.8 Å². The van der Waals surface area contributed by atoms with E-state index in [1.165, 1.54) is 5.56 Å². The van der Waals surface area contributed by atoms with Crippen molar-refractivity contribution in [3.05, 3.63) is 76.3 Å². The van der Waals surface area contributed by atoms with E-state index in [4.69, 9.17) is 0 Å². The maximum atomic E-state index is 12.2. The molecule has 0 aliphatic carbocycles. The van der Waals surface area contributed by atoms with Gasteiger partial charge in [-0.25, -0.2) is 4.98 Å². The number of aromatic nitrogens is 1. The van der Waals surface area contributed by atoms with Crippen LogP contribution in [0.3, 0.4) is 0 Å². The molecule has 1 aromatic heterocycles. The Kier molecular flexibility index (Phi) is 4.53. The summed E-state index contributed by atoms with van der Waals surface area (Å²) < 4.78 is 0. The first kappa shape index (κ1) is 15.4. The highest BCUT2D eigenvalue weighted by molar-refractivity contribution is 7.13. The van der Waals surface area contributed by atoms with Crippen molar-refractivity contribution in [3.8, 4) is 10.6 Å². The van der Waals surface area contributed by atoms with Crippen molar-refractivity contribution in [1.29, 1.82) is 0 Å². The zero-order valence-electron chi connectivity index (χ0n) is 13.2. The van der Waals surface area contributed by atoms with Gasteiger partial charge < -0.3 is 5.32 Å². The van der Waals surface area contributed by atoms with Gasteiger partial charge in [-0.1, -0.05) is 48.0 Å². The minimum Gasteiger partial charge on any atom is -0.346 e. The predicted octanol–water partition coefficient (Wildman–Crippen LogP) is 4.36. The number of aryl methyl sites for hydroxylation is 2. The quantitative estimate of drug-likeness (QED) is 0.775. The lowest BCUT2D eigenvalue weighted by molar-refractivity contribution is 0.0950. The number of amides is 1. The molecule has 0 atom stereocenters. The van der Waals surface area contributed by atoms with Crippen LogP contribution in [0.5, 0.6) is 0 Å². The van der Waals surface area contributed by atoms with Crippen LogP contribution in [-0.4, -0.2) is 10.9 Å². The summed E-state index contributed by atoms with van der Waals surface area (Å²) in [5, 5.41) is 5.91. The zero-order chi connectivity index (χ0) is 16.2. The Morgan fingerprint density at radius 3 is 2.57 bits per heavy atom. The van der Waals surface area contributed by atoms with Crippen molar-refractivity contribution in [2.75, 3.05) is 0 Å². The molecule has 1 heterocycles. The van der Waals surface area contributed by atoms with Crippen molar-refractivity contribution in [2.24, 2.45) is 0 Å². The van der Waals surface area contributed by atoms with Gasteiger partial charge in [0, 0.05) is 16.5 Å². The average molecular weight is 322 g/mol. The molecule has 0 saturated heterocycles. The van der Waals surface area contributed by atoms with Crippen LogP contribution in [0.4, 0.5) is 0 Å². The van der Waals surface area contributed by atoms with Crippen LogP contribution in [0.2, 0.25) is 0 Å². The molecule has 116 valence electrons. The van der Waals surface area contributed by atoms with Crippen molar-refractivity contribution >= 4 is 17.2 Å². The fraction of sp³-hybridized carbons (Fsp3) is 0.158. The van der Waals surface area contributed by atoms with E-state index < -0.39 is 0 Å². The van der Waals surface area contributed by atoms with E-state index in [9.17, 15) is 4.79 Å². The highest BCUT2D eigenvalue weighted by atomic mass is 32.1. The van der Waals surface area contributed by atoms with Crippen molar-refractivity contribution < 1.29 is 4.79 Å². The molecular weight excluding hydrogens is 304 g/mol. The van der Waals surface area contributed by atoms with Gasteiger partial charge in [0.1, 0.15) is 5.01 Å². The molecule has 1 N–H and O–H groups in total. The summed E-state index contributed by atoms with van der Waals surface area (Å²) in [5.41, 5.74) is 4.91. The third kappa shape index (κ3) is 3.66. The monoisotopic (exact) mass is 322 g/mol. The second-order valence-electron chi connectivity index (χ2n) is 5.51. The first-order valence-electron chi connectivity index (χ1n) is 7.49. The summed E-state index contributed by atoms with van der Waals surface area (Å²) in [4.78, 5) is 16.8. The Bertz CT molecular complexity index is 821. The summed E-state index contributed by atoms with van der Waals surface area (Å²) in [6, 6.07) is 15.9. The molecular formula is C19H18N2OS. The topological polar surface area (TPSA) is 42.0 Å². The smallest absolute Gasteiger partial charge is 0.251 e. The number of hydrogen-bond acceptors (Lipinski definition) is 3. The highest BCUT2D eigenvalue weighted by Gasteiger charge is 2.09. The van der Waals surface area contributed by atoms with Gasteiger partial charge in [-0.15, -0.1) is 11.3 Å². The van der Waals surface area contributed by atoms with E-state index in [0.717, 1.165) is 21.8 Å². The molecule has 3 aromatic rings. The van der Waals surface area contributed by atoms with Gasteiger partial charge in [0.2, 0.25) is 0 Å².